The smallest absolute Gasteiger partial charge is 0.239 e. The first-order valence-corrected chi connectivity index (χ1v) is 9.10. The summed E-state index contributed by atoms with van der Waals surface area (Å²) in [5.74, 6) is -1.20. The number of hydrogen-bond acceptors (Lipinski definition) is 2. The minimum absolute atomic E-state index is 0.237. The monoisotopic (exact) mass is 390 g/mol. The Balaban J connectivity index is 2.00. The molecule has 2 rings (SSSR count). The van der Waals surface area contributed by atoms with Crippen LogP contribution in [-0.4, -0.2) is 18.4 Å². The van der Waals surface area contributed by atoms with Gasteiger partial charge >= 0.3 is 0 Å². The highest BCUT2D eigenvalue weighted by atomic mass is 35.5. The second-order valence-corrected chi connectivity index (χ2v) is 7.52. The Bertz CT molecular complexity index is 842. The number of amides is 2. The van der Waals surface area contributed by atoms with Crippen LogP contribution in [0.1, 0.15) is 30.5 Å². The zero-order valence-corrected chi connectivity index (χ0v) is 16.7. The summed E-state index contributed by atoms with van der Waals surface area (Å²) in [6.07, 6.45) is 0.346. The van der Waals surface area contributed by atoms with Crippen LogP contribution in [0, 0.1) is 25.1 Å². The number of nitrogens with one attached hydrogen (secondary N) is 2. The molecule has 0 radical (unpaired) electrons. The van der Waals surface area contributed by atoms with Crippen molar-refractivity contribution in [3.05, 3.63) is 63.9 Å². The summed E-state index contributed by atoms with van der Waals surface area (Å²) in [5, 5.41) is 5.88. The van der Waals surface area contributed by atoms with Crippen LogP contribution in [0.25, 0.3) is 0 Å². The van der Waals surface area contributed by atoms with Gasteiger partial charge in [-0.15, -0.1) is 0 Å². The third kappa shape index (κ3) is 5.07. The normalized spacial score (nSPS) is 11.2. The van der Waals surface area contributed by atoms with E-state index in [2.05, 4.69) is 10.6 Å². The molecule has 0 spiro atoms. The van der Waals surface area contributed by atoms with E-state index in [1.165, 1.54) is 19.9 Å². The molecule has 0 atom stereocenters. The van der Waals surface area contributed by atoms with Crippen molar-refractivity contribution in [2.24, 2.45) is 5.41 Å². The largest absolute Gasteiger partial charge is 0.355 e. The maximum atomic E-state index is 13.6. The van der Waals surface area contributed by atoms with Gasteiger partial charge in [0.1, 0.15) is 11.2 Å². The van der Waals surface area contributed by atoms with Crippen LogP contribution >= 0.6 is 11.6 Å². The third-order valence-corrected chi connectivity index (χ3v) is 4.74. The molecule has 0 saturated carbocycles. The van der Waals surface area contributed by atoms with Crippen molar-refractivity contribution >= 4 is 29.1 Å². The average molecular weight is 391 g/mol. The summed E-state index contributed by atoms with van der Waals surface area (Å²) in [6, 6.07) is 10.1. The molecule has 0 aromatic heterocycles. The molecule has 0 aliphatic carbocycles. The number of halogens is 2. The Kier molecular flexibility index (Phi) is 6.60. The SMILES string of the molecule is Cc1cc(C)c(NC(=O)C(C)(C)C(=O)NCCc2ccccc2F)c(Cl)c1. The molecule has 0 saturated heterocycles. The Labute approximate surface area is 164 Å². The fourth-order valence-electron chi connectivity index (χ4n) is 2.68. The summed E-state index contributed by atoms with van der Waals surface area (Å²) in [6.45, 7) is 7.07. The van der Waals surface area contributed by atoms with Crippen LogP contribution in [0.3, 0.4) is 0 Å². The van der Waals surface area contributed by atoms with Crippen LogP contribution in [0.5, 0.6) is 0 Å². The molecule has 4 nitrogen and oxygen atoms in total. The molecule has 144 valence electrons. The summed E-state index contributed by atoms with van der Waals surface area (Å²) < 4.78 is 13.6. The number of anilines is 1. The Morgan fingerprint density at radius 3 is 2.41 bits per heavy atom. The van der Waals surface area contributed by atoms with E-state index in [1.54, 1.807) is 24.3 Å². The molecular weight excluding hydrogens is 367 g/mol. The molecule has 0 fully saturated rings. The van der Waals surface area contributed by atoms with Gasteiger partial charge in [-0.1, -0.05) is 35.9 Å². The van der Waals surface area contributed by atoms with Crippen LogP contribution in [0.2, 0.25) is 5.02 Å². The predicted molar refractivity (Wildman–Crippen MR) is 106 cm³/mol. The summed E-state index contributed by atoms with van der Waals surface area (Å²) in [4.78, 5) is 25.2. The molecule has 0 heterocycles. The van der Waals surface area contributed by atoms with Gasteiger partial charge in [0.2, 0.25) is 11.8 Å². The van der Waals surface area contributed by atoms with Crippen molar-refractivity contribution < 1.29 is 14.0 Å². The van der Waals surface area contributed by atoms with Crippen molar-refractivity contribution in [3.63, 3.8) is 0 Å². The van der Waals surface area contributed by atoms with Gasteiger partial charge in [-0.3, -0.25) is 9.59 Å². The lowest BCUT2D eigenvalue weighted by atomic mass is 9.90. The Hall–Kier alpha value is -2.40. The van der Waals surface area contributed by atoms with E-state index >= 15 is 0 Å². The third-order valence-electron chi connectivity index (χ3n) is 4.44. The number of benzene rings is 2. The molecule has 2 N–H and O–H groups in total. The van der Waals surface area contributed by atoms with E-state index < -0.39 is 17.2 Å². The zero-order chi connectivity index (χ0) is 20.2. The van der Waals surface area contributed by atoms with E-state index in [0.29, 0.717) is 22.7 Å². The first-order chi connectivity index (χ1) is 12.6. The number of carbonyl (C=O) groups is 2. The van der Waals surface area contributed by atoms with Gasteiger partial charge < -0.3 is 10.6 Å². The van der Waals surface area contributed by atoms with Crippen LogP contribution < -0.4 is 10.6 Å². The molecule has 6 heteroatoms. The fraction of sp³-hybridized carbons (Fsp3) is 0.333. The molecule has 2 aromatic carbocycles. The van der Waals surface area contributed by atoms with E-state index in [0.717, 1.165) is 11.1 Å². The average Bonchev–Trinajstić information content (AvgIpc) is 2.59. The minimum atomic E-state index is -1.31. The lowest BCUT2D eigenvalue weighted by Gasteiger charge is -2.24. The van der Waals surface area contributed by atoms with Gasteiger partial charge in [0, 0.05) is 6.54 Å². The standard InChI is InChI=1S/C21H24ClFN2O2/c1-13-11-14(2)18(16(22)12-13)25-20(27)21(3,4)19(26)24-10-9-15-7-5-6-8-17(15)23/h5-8,11-12H,9-10H2,1-4H3,(H,24,26)(H,25,27). The highest BCUT2D eigenvalue weighted by Crippen LogP contribution is 2.29. The molecule has 0 bridgehead atoms. The molecule has 0 aliphatic heterocycles. The molecule has 27 heavy (non-hydrogen) atoms. The van der Waals surface area contributed by atoms with Gasteiger partial charge in [0.05, 0.1) is 10.7 Å². The second-order valence-electron chi connectivity index (χ2n) is 7.12. The highest BCUT2D eigenvalue weighted by molar-refractivity contribution is 6.34. The number of aryl methyl sites for hydroxylation is 2. The van der Waals surface area contributed by atoms with Crippen molar-refractivity contribution in [1.82, 2.24) is 5.32 Å². The number of rotatable bonds is 6. The van der Waals surface area contributed by atoms with E-state index in [-0.39, 0.29) is 12.4 Å². The molecular formula is C21H24ClFN2O2. The molecule has 0 unspecified atom stereocenters. The van der Waals surface area contributed by atoms with E-state index in [1.807, 2.05) is 19.9 Å². The lowest BCUT2D eigenvalue weighted by Crippen LogP contribution is -2.45. The number of hydrogen-bond donors (Lipinski definition) is 2. The second kappa shape index (κ2) is 8.53. The Morgan fingerprint density at radius 2 is 1.78 bits per heavy atom. The zero-order valence-electron chi connectivity index (χ0n) is 16.0. The molecule has 0 aliphatic rings. The van der Waals surface area contributed by atoms with Gasteiger partial charge in [-0.2, -0.15) is 0 Å². The fourth-order valence-corrected chi connectivity index (χ4v) is 3.05. The maximum absolute atomic E-state index is 13.6. The highest BCUT2D eigenvalue weighted by Gasteiger charge is 2.36. The van der Waals surface area contributed by atoms with Gasteiger partial charge in [0.25, 0.3) is 0 Å². The van der Waals surface area contributed by atoms with Gasteiger partial charge in [-0.25, -0.2) is 4.39 Å². The van der Waals surface area contributed by atoms with E-state index in [9.17, 15) is 14.0 Å². The van der Waals surface area contributed by atoms with Crippen molar-refractivity contribution in [3.8, 4) is 0 Å². The maximum Gasteiger partial charge on any atom is 0.239 e. The van der Waals surface area contributed by atoms with Gasteiger partial charge in [-0.05, 0) is 62.9 Å². The minimum Gasteiger partial charge on any atom is -0.355 e. The molecule has 2 amide bonds. The first kappa shape index (κ1) is 20.9. The van der Waals surface area contributed by atoms with Crippen molar-refractivity contribution in [2.75, 3.05) is 11.9 Å². The van der Waals surface area contributed by atoms with Crippen LogP contribution in [0.15, 0.2) is 36.4 Å². The molecule has 2 aromatic rings. The predicted octanol–water partition coefficient (Wildman–Crippen LogP) is 4.42. The summed E-state index contributed by atoms with van der Waals surface area (Å²) in [7, 11) is 0. The van der Waals surface area contributed by atoms with Gasteiger partial charge in [0.15, 0.2) is 0 Å². The summed E-state index contributed by atoms with van der Waals surface area (Å²) in [5.41, 5.74) is 1.52. The first-order valence-electron chi connectivity index (χ1n) is 8.73. The number of carbonyl (C=O) groups excluding carboxylic acids is 2. The Morgan fingerprint density at radius 1 is 1.11 bits per heavy atom. The quantitative estimate of drug-likeness (QED) is 0.717. The lowest BCUT2D eigenvalue weighted by molar-refractivity contribution is -0.138. The van der Waals surface area contributed by atoms with Crippen LogP contribution in [0.4, 0.5) is 10.1 Å². The van der Waals surface area contributed by atoms with E-state index in [4.69, 9.17) is 11.6 Å². The van der Waals surface area contributed by atoms with Crippen molar-refractivity contribution in [1.29, 1.82) is 0 Å². The topological polar surface area (TPSA) is 58.2 Å². The summed E-state index contributed by atoms with van der Waals surface area (Å²) >= 11 is 6.22. The van der Waals surface area contributed by atoms with Crippen LogP contribution in [-0.2, 0) is 16.0 Å². The van der Waals surface area contributed by atoms with Crippen molar-refractivity contribution in [2.45, 2.75) is 34.1 Å².